The Balaban J connectivity index is 2.16. The predicted octanol–water partition coefficient (Wildman–Crippen LogP) is 4.65. The Kier molecular flexibility index (Phi) is 3.97. The lowest BCUT2D eigenvalue weighted by Gasteiger charge is -2.11. The van der Waals surface area contributed by atoms with Crippen LogP contribution in [0.3, 0.4) is 0 Å². The monoisotopic (exact) mass is 311 g/mol. The molecule has 0 aliphatic rings. The molecular formula is C14H12BrF2N. The van der Waals surface area contributed by atoms with Gasteiger partial charge in [-0.3, -0.25) is 0 Å². The van der Waals surface area contributed by atoms with Crippen molar-refractivity contribution in [1.29, 1.82) is 0 Å². The van der Waals surface area contributed by atoms with Crippen LogP contribution >= 0.6 is 15.9 Å². The minimum absolute atomic E-state index is 0.0554. The van der Waals surface area contributed by atoms with Gasteiger partial charge < -0.3 is 5.32 Å². The van der Waals surface area contributed by atoms with Gasteiger partial charge in [0, 0.05) is 22.3 Å². The average molecular weight is 312 g/mol. The second-order valence-corrected chi connectivity index (χ2v) is 4.93. The summed E-state index contributed by atoms with van der Waals surface area (Å²) in [6, 6.07) is 9.58. The molecule has 2 rings (SSSR count). The molecule has 1 N–H and O–H groups in total. The van der Waals surface area contributed by atoms with Crippen LogP contribution < -0.4 is 5.32 Å². The first-order valence-electron chi connectivity index (χ1n) is 5.51. The molecule has 0 saturated carbocycles. The third-order valence-electron chi connectivity index (χ3n) is 2.71. The molecule has 2 aromatic rings. The maximum atomic E-state index is 13.4. The second kappa shape index (κ2) is 5.48. The van der Waals surface area contributed by atoms with E-state index in [1.165, 1.54) is 18.2 Å². The van der Waals surface area contributed by atoms with E-state index in [4.69, 9.17) is 0 Å². The quantitative estimate of drug-likeness (QED) is 0.870. The Morgan fingerprint density at radius 2 is 1.78 bits per heavy atom. The number of hydrogen-bond donors (Lipinski definition) is 1. The Bertz CT molecular complexity index is 549. The van der Waals surface area contributed by atoms with Crippen molar-refractivity contribution in [2.75, 3.05) is 5.32 Å². The highest BCUT2D eigenvalue weighted by Crippen LogP contribution is 2.21. The Hall–Kier alpha value is -1.42. The Morgan fingerprint density at radius 1 is 1.11 bits per heavy atom. The highest BCUT2D eigenvalue weighted by molar-refractivity contribution is 9.10. The second-order valence-electron chi connectivity index (χ2n) is 4.01. The summed E-state index contributed by atoms with van der Waals surface area (Å²) in [5, 5.41) is 3.04. The van der Waals surface area contributed by atoms with Crippen molar-refractivity contribution in [3.8, 4) is 0 Å². The van der Waals surface area contributed by atoms with E-state index in [9.17, 15) is 8.78 Å². The van der Waals surface area contributed by atoms with Gasteiger partial charge in [0.05, 0.1) is 0 Å². The van der Waals surface area contributed by atoms with Crippen LogP contribution in [0.5, 0.6) is 0 Å². The van der Waals surface area contributed by atoms with Gasteiger partial charge in [-0.25, -0.2) is 8.78 Å². The summed E-state index contributed by atoms with van der Waals surface area (Å²) in [6.07, 6.45) is 0. The largest absolute Gasteiger partial charge is 0.381 e. The highest BCUT2D eigenvalue weighted by Gasteiger charge is 2.08. The van der Waals surface area contributed by atoms with E-state index in [-0.39, 0.29) is 12.1 Å². The molecule has 0 unspecified atom stereocenters. The van der Waals surface area contributed by atoms with Crippen molar-refractivity contribution in [3.05, 3.63) is 63.6 Å². The molecule has 0 aliphatic carbocycles. The third kappa shape index (κ3) is 2.88. The van der Waals surface area contributed by atoms with Crippen LogP contribution in [0.2, 0.25) is 0 Å². The molecule has 2 aromatic carbocycles. The Labute approximate surface area is 113 Å². The normalized spacial score (nSPS) is 10.4. The fourth-order valence-electron chi connectivity index (χ4n) is 1.71. The standard InChI is InChI=1S/C14H12BrF2N/c1-9-7-10(15)5-6-14(9)18-8-11-12(16)3-2-4-13(11)17/h2-7,18H,8H2,1H3. The summed E-state index contributed by atoms with van der Waals surface area (Å²) in [5.41, 5.74) is 1.93. The third-order valence-corrected chi connectivity index (χ3v) is 3.20. The lowest BCUT2D eigenvalue weighted by atomic mass is 10.1. The van der Waals surface area contributed by atoms with Crippen molar-refractivity contribution < 1.29 is 8.78 Å². The summed E-state index contributed by atoms with van der Waals surface area (Å²) in [4.78, 5) is 0. The van der Waals surface area contributed by atoms with Crippen LogP contribution in [0.1, 0.15) is 11.1 Å². The smallest absolute Gasteiger partial charge is 0.131 e. The van der Waals surface area contributed by atoms with E-state index < -0.39 is 11.6 Å². The summed E-state index contributed by atoms with van der Waals surface area (Å²) in [7, 11) is 0. The highest BCUT2D eigenvalue weighted by atomic mass is 79.9. The van der Waals surface area contributed by atoms with E-state index in [0.29, 0.717) is 0 Å². The van der Waals surface area contributed by atoms with E-state index in [1.54, 1.807) is 0 Å². The van der Waals surface area contributed by atoms with Gasteiger partial charge in [-0.2, -0.15) is 0 Å². The minimum atomic E-state index is -0.530. The van der Waals surface area contributed by atoms with Gasteiger partial charge >= 0.3 is 0 Å². The molecule has 94 valence electrons. The van der Waals surface area contributed by atoms with Crippen molar-refractivity contribution in [2.45, 2.75) is 13.5 Å². The van der Waals surface area contributed by atoms with Crippen LogP contribution in [0.25, 0.3) is 0 Å². The maximum absolute atomic E-state index is 13.4. The summed E-state index contributed by atoms with van der Waals surface area (Å²) < 4.78 is 27.8. The molecule has 0 atom stereocenters. The first-order chi connectivity index (χ1) is 8.58. The minimum Gasteiger partial charge on any atom is -0.381 e. The summed E-state index contributed by atoms with van der Waals surface area (Å²) in [5.74, 6) is -1.06. The first-order valence-corrected chi connectivity index (χ1v) is 6.30. The molecule has 4 heteroatoms. The molecular weight excluding hydrogens is 300 g/mol. The molecule has 0 spiro atoms. The zero-order valence-electron chi connectivity index (χ0n) is 9.81. The molecule has 0 heterocycles. The molecule has 0 fully saturated rings. The van der Waals surface area contributed by atoms with Gasteiger partial charge in [0.25, 0.3) is 0 Å². The number of rotatable bonds is 3. The van der Waals surface area contributed by atoms with Crippen LogP contribution in [-0.4, -0.2) is 0 Å². The van der Waals surface area contributed by atoms with Gasteiger partial charge in [-0.1, -0.05) is 22.0 Å². The lowest BCUT2D eigenvalue weighted by molar-refractivity contribution is 0.560. The Morgan fingerprint density at radius 3 is 2.39 bits per heavy atom. The first kappa shape index (κ1) is 13.0. The van der Waals surface area contributed by atoms with Crippen LogP contribution in [0, 0.1) is 18.6 Å². The number of nitrogens with one attached hydrogen (secondary N) is 1. The fourth-order valence-corrected chi connectivity index (χ4v) is 2.19. The predicted molar refractivity (Wildman–Crippen MR) is 72.6 cm³/mol. The molecule has 0 radical (unpaired) electrons. The average Bonchev–Trinajstić information content (AvgIpc) is 2.31. The lowest BCUT2D eigenvalue weighted by Crippen LogP contribution is -2.05. The van der Waals surface area contributed by atoms with Gasteiger partial charge in [-0.15, -0.1) is 0 Å². The zero-order valence-corrected chi connectivity index (χ0v) is 11.4. The molecule has 1 nitrogen and oxygen atoms in total. The van der Waals surface area contributed by atoms with E-state index >= 15 is 0 Å². The molecule has 0 saturated heterocycles. The van der Waals surface area contributed by atoms with E-state index in [1.807, 2.05) is 25.1 Å². The van der Waals surface area contributed by atoms with Crippen LogP contribution in [-0.2, 0) is 6.54 Å². The van der Waals surface area contributed by atoms with Crippen molar-refractivity contribution in [1.82, 2.24) is 0 Å². The van der Waals surface area contributed by atoms with Gasteiger partial charge in [0.2, 0.25) is 0 Å². The number of hydrogen-bond acceptors (Lipinski definition) is 1. The number of anilines is 1. The molecule has 0 aromatic heterocycles. The molecule has 0 amide bonds. The van der Waals surface area contributed by atoms with Gasteiger partial charge in [0.1, 0.15) is 11.6 Å². The summed E-state index contributed by atoms with van der Waals surface area (Å²) in [6.45, 7) is 2.06. The number of aryl methyl sites for hydroxylation is 1. The number of halogens is 3. The van der Waals surface area contributed by atoms with Crippen molar-refractivity contribution in [2.24, 2.45) is 0 Å². The maximum Gasteiger partial charge on any atom is 0.131 e. The summed E-state index contributed by atoms with van der Waals surface area (Å²) >= 11 is 3.37. The topological polar surface area (TPSA) is 12.0 Å². The zero-order chi connectivity index (χ0) is 13.1. The van der Waals surface area contributed by atoms with Crippen molar-refractivity contribution in [3.63, 3.8) is 0 Å². The van der Waals surface area contributed by atoms with Crippen molar-refractivity contribution >= 4 is 21.6 Å². The van der Waals surface area contributed by atoms with Gasteiger partial charge in [0.15, 0.2) is 0 Å². The fraction of sp³-hybridized carbons (Fsp3) is 0.143. The number of benzene rings is 2. The van der Waals surface area contributed by atoms with E-state index in [2.05, 4.69) is 21.2 Å². The molecule has 0 aliphatic heterocycles. The SMILES string of the molecule is Cc1cc(Br)ccc1NCc1c(F)cccc1F. The molecule has 18 heavy (non-hydrogen) atoms. The van der Waals surface area contributed by atoms with Crippen LogP contribution in [0.15, 0.2) is 40.9 Å². The molecule has 0 bridgehead atoms. The van der Waals surface area contributed by atoms with E-state index in [0.717, 1.165) is 15.7 Å². The van der Waals surface area contributed by atoms with Crippen LogP contribution in [0.4, 0.5) is 14.5 Å². The van der Waals surface area contributed by atoms with Gasteiger partial charge in [-0.05, 0) is 42.8 Å².